The maximum Gasteiger partial charge on any atom is 0.131 e. The van der Waals surface area contributed by atoms with Crippen molar-refractivity contribution in [2.24, 2.45) is 5.92 Å². The van der Waals surface area contributed by atoms with E-state index in [4.69, 9.17) is 4.74 Å². The van der Waals surface area contributed by atoms with E-state index in [0.29, 0.717) is 12.5 Å². The zero-order valence-corrected chi connectivity index (χ0v) is 10.5. The summed E-state index contributed by atoms with van der Waals surface area (Å²) < 4.78 is 5.70. The fourth-order valence-electron chi connectivity index (χ4n) is 1.73. The minimum Gasteiger partial charge on any atom is -0.376 e. The predicted octanol–water partition coefficient (Wildman–Crippen LogP) is 3.08. The molecule has 3 heteroatoms. The van der Waals surface area contributed by atoms with E-state index in [-0.39, 0.29) is 0 Å². The molecular formula is C13H22N2O. The molecule has 3 nitrogen and oxygen atoms in total. The number of nitrogens with zero attached hydrogens (tertiary/aromatic N) is 1. The van der Waals surface area contributed by atoms with E-state index in [1.165, 1.54) is 12.8 Å². The van der Waals surface area contributed by atoms with Crippen LogP contribution in [0.3, 0.4) is 0 Å². The molecule has 0 amide bonds. The molecule has 0 radical (unpaired) electrons. The molecule has 1 unspecified atom stereocenters. The first kappa shape index (κ1) is 13.0. The molecule has 0 aliphatic carbocycles. The first-order valence-corrected chi connectivity index (χ1v) is 5.97. The molecule has 1 aromatic heterocycles. The highest BCUT2D eigenvalue weighted by Crippen LogP contribution is 2.13. The van der Waals surface area contributed by atoms with Crippen LogP contribution in [0.1, 0.15) is 32.3 Å². The highest BCUT2D eigenvalue weighted by atomic mass is 16.5. The molecule has 0 bridgehead atoms. The summed E-state index contributed by atoms with van der Waals surface area (Å²) in [6.45, 7) is 5.90. The first-order valence-electron chi connectivity index (χ1n) is 5.97. The summed E-state index contributed by atoms with van der Waals surface area (Å²) in [4.78, 5) is 4.24. The van der Waals surface area contributed by atoms with Crippen LogP contribution in [-0.4, -0.2) is 18.6 Å². The van der Waals surface area contributed by atoms with Gasteiger partial charge in [-0.3, -0.25) is 0 Å². The summed E-state index contributed by atoms with van der Waals surface area (Å²) in [6, 6.07) is 3.98. The Balaban J connectivity index is 2.36. The van der Waals surface area contributed by atoms with E-state index < -0.39 is 0 Å². The summed E-state index contributed by atoms with van der Waals surface area (Å²) in [5, 5.41) is 3.07. The molecule has 0 saturated heterocycles. The summed E-state index contributed by atoms with van der Waals surface area (Å²) in [6.07, 6.45) is 4.24. The summed E-state index contributed by atoms with van der Waals surface area (Å²) in [5.41, 5.74) is 1.12. The summed E-state index contributed by atoms with van der Waals surface area (Å²) >= 11 is 0. The van der Waals surface area contributed by atoms with Crippen LogP contribution in [0.15, 0.2) is 18.3 Å². The smallest absolute Gasteiger partial charge is 0.131 e. The van der Waals surface area contributed by atoms with Crippen LogP contribution in [0.5, 0.6) is 0 Å². The van der Waals surface area contributed by atoms with Crippen molar-refractivity contribution in [3.05, 3.63) is 23.9 Å². The molecule has 0 spiro atoms. The molecule has 1 atom stereocenters. The molecule has 0 aromatic carbocycles. The van der Waals surface area contributed by atoms with Gasteiger partial charge < -0.3 is 10.1 Å². The van der Waals surface area contributed by atoms with E-state index in [9.17, 15) is 0 Å². The van der Waals surface area contributed by atoms with Gasteiger partial charge in [0.1, 0.15) is 5.82 Å². The van der Waals surface area contributed by atoms with Gasteiger partial charge in [-0.15, -0.1) is 0 Å². The lowest BCUT2D eigenvalue weighted by Gasteiger charge is -2.12. The Morgan fingerprint density at radius 1 is 1.50 bits per heavy atom. The average molecular weight is 222 g/mol. The number of rotatable bonds is 7. The normalized spacial score (nSPS) is 12.4. The Morgan fingerprint density at radius 3 is 3.00 bits per heavy atom. The van der Waals surface area contributed by atoms with Crippen molar-refractivity contribution < 1.29 is 4.74 Å². The summed E-state index contributed by atoms with van der Waals surface area (Å²) in [5.74, 6) is 1.55. The summed E-state index contributed by atoms with van der Waals surface area (Å²) in [7, 11) is 1.88. The molecule has 1 rings (SSSR count). The zero-order chi connectivity index (χ0) is 11.8. The molecule has 1 heterocycles. The number of ether oxygens (including phenoxy) is 1. The van der Waals surface area contributed by atoms with E-state index >= 15 is 0 Å². The fraction of sp³-hybridized carbons (Fsp3) is 0.615. The monoisotopic (exact) mass is 222 g/mol. The molecule has 0 saturated carbocycles. The molecule has 0 fully saturated rings. The van der Waals surface area contributed by atoms with Crippen LogP contribution < -0.4 is 5.32 Å². The number of nitrogens with one attached hydrogen (secondary N) is 1. The minimum absolute atomic E-state index is 0.637. The third-order valence-electron chi connectivity index (χ3n) is 2.57. The second-order valence-electron chi connectivity index (χ2n) is 4.17. The number of pyridine rings is 1. The Hall–Kier alpha value is -1.09. The van der Waals surface area contributed by atoms with Crippen molar-refractivity contribution in [3.63, 3.8) is 0 Å². The fourth-order valence-corrected chi connectivity index (χ4v) is 1.73. The molecule has 0 aliphatic rings. The standard InChI is InChI=1S/C13H22N2O/c1-4-6-11(2)9-16-10-12-7-5-8-15-13(12)14-3/h5,7-8,11H,4,6,9-10H2,1-3H3,(H,14,15). The van der Waals surface area contributed by atoms with E-state index in [0.717, 1.165) is 18.0 Å². The third-order valence-corrected chi connectivity index (χ3v) is 2.57. The van der Waals surface area contributed by atoms with Gasteiger partial charge in [-0.05, 0) is 18.4 Å². The van der Waals surface area contributed by atoms with Crippen molar-refractivity contribution in [1.29, 1.82) is 0 Å². The Bertz CT molecular complexity index is 302. The van der Waals surface area contributed by atoms with E-state index in [1.54, 1.807) is 6.20 Å². The number of hydrogen-bond acceptors (Lipinski definition) is 3. The topological polar surface area (TPSA) is 34.1 Å². The lowest BCUT2D eigenvalue weighted by Crippen LogP contribution is -2.07. The Labute approximate surface area is 98.2 Å². The van der Waals surface area contributed by atoms with Gasteiger partial charge in [0.2, 0.25) is 0 Å². The van der Waals surface area contributed by atoms with Crippen molar-refractivity contribution >= 4 is 5.82 Å². The van der Waals surface area contributed by atoms with Gasteiger partial charge in [-0.1, -0.05) is 26.3 Å². The largest absolute Gasteiger partial charge is 0.376 e. The number of hydrogen-bond donors (Lipinski definition) is 1. The van der Waals surface area contributed by atoms with Gasteiger partial charge in [0.25, 0.3) is 0 Å². The number of aromatic nitrogens is 1. The van der Waals surface area contributed by atoms with Crippen molar-refractivity contribution in [3.8, 4) is 0 Å². The first-order chi connectivity index (χ1) is 7.77. The maximum absolute atomic E-state index is 5.70. The van der Waals surface area contributed by atoms with Gasteiger partial charge in [0, 0.05) is 25.4 Å². The zero-order valence-electron chi connectivity index (χ0n) is 10.5. The predicted molar refractivity (Wildman–Crippen MR) is 67.5 cm³/mol. The van der Waals surface area contributed by atoms with Crippen LogP contribution in [0.4, 0.5) is 5.82 Å². The molecular weight excluding hydrogens is 200 g/mol. The van der Waals surface area contributed by atoms with Crippen molar-refractivity contribution in [2.45, 2.75) is 33.3 Å². The Morgan fingerprint density at radius 2 is 2.31 bits per heavy atom. The second-order valence-corrected chi connectivity index (χ2v) is 4.17. The molecule has 1 aromatic rings. The Kier molecular flexibility index (Phi) is 5.86. The van der Waals surface area contributed by atoms with Crippen molar-refractivity contribution in [1.82, 2.24) is 4.98 Å². The van der Waals surface area contributed by atoms with Crippen LogP contribution >= 0.6 is 0 Å². The maximum atomic E-state index is 5.70. The highest BCUT2D eigenvalue weighted by Gasteiger charge is 2.04. The van der Waals surface area contributed by atoms with Crippen LogP contribution in [0, 0.1) is 5.92 Å². The van der Waals surface area contributed by atoms with Crippen LogP contribution in [0.2, 0.25) is 0 Å². The minimum atomic E-state index is 0.637. The second kappa shape index (κ2) is 7.23. The van der Waals surface area contributed by atoms with Gasteiger partial charge in [0.05, 0.1) is 6.61 Å². The van der Waals surface area contributed by atoms with E-state index in [1.807, 2.05) is 19.2 Å². The quantitative estimate of drug-likeness (QED) is 0.770. The molecule has 0 aliphatic heterocycles. The van der Waals surface area contributed by atoms with Crippen LogP contribution in [-0.2, 0) is 11.3 Å². The molecule has 90 valence electrons. The van der Waals surface area contributed by atoms with Crippen molar-refractivity contribution in [2.75, 3.05) is 19.0 Å². The molecule has 16 heavy (non-hydrogen) atoms. The highest BCUT2D eigenvalue weighted by molar-refractivity contribution is 5.42. The van der Waals surface area contributed by atoms with Crippen LogP contribution in [0.25, 0.3) is 0 Å². The molecule has 1 N–H and O–H groups in total. The SMILES string of the molecule is CCCC(C)COCc1cccnc1NC. The average Bonchev–Trinajstić information content (AvgIpc) is 2.30. The van der Waals surface area contributed by atoms with Gasteiger partial charge in [0.15, 0.2) is 0 Å². The van der Waals surface area contributed by atoms with Gasteiger partial charge >= 0.3 is 0 Å². The number of anilines is 1. The van der Waals surface area contributed by atoms with Gasteiger partial charge in [-0.25, -0.2) is 4.98 Å². The van der Waals surface area contributed by atoms with Gasteiger partial charge in [-0.2, -0.15) is 0 Å². The lowest BCUT2D eigenvalue weighted by atomic mass is 10.1. The lowest BCUT2D eigenvalue weighted by molar-refractivity contribution is 0.0895. The van der Waals surface area contributed by atoms with E-state index in [2.05, 4.69) is 24.1 Å². The third kappa shape index (κ3) is 4.19.